The van der Waals surface area contributed by atoms with E-state index >= 15 is 0 Å². The highest BCUT2D eigenvalue weighted by atomic mass is 16.1. The first-order chi connectivity index (χ1) is 6.36. The van der Waals surface area contributed by atoms with Gasteiger partial charge in [0, 0.05) is 24.4 Å². The predicted octanol–water partition coefficient (Wildman–Crippen LogP) is 2.07. The molecule has 13 heavy (non-hydrogen) atoms. The molecule has 0 radical (unpaired) electrons. The van der Waals surface area contributed by atoms with Crippen LogP contribution in [0.1, 0.15) is 22.3 Å². The van der Waals surface area contributed by atoms with Crippen molar-refractivity contribution >= 4 is 11.3 Å². The molecule has 0 bridgehead atoms. The van der Waals surface area contributed by atoms with Gasteiger partial charge < -0.3 is 4.40 Å². The zero-order chi connectivity index (χ0) is 8.84. The number of pyridine rings is 1. The number of ketones is 1. The second-order valence-electron chi connectivity index (χ2n) is 3.44. The number of carbonyl (C=O) groups excluding carboxylic acids is 1. The standard InChI is InChI=1S/C11H9NO/c13-10-4-3-8-5-7-12-6-1-2-9(10)11(8)12/h1-2,5-7H,3-4H2. The van der Waals surface area contributed by atoms with Gasteiger partial charge in [0.1, 0.15) is 0 Å². The Morgan fingerprint density at radius 1 is 1.15 bits per heavy atom. The highest BCUT2D eigenvalue weighted by molar-refractivity contribution is 6.05. The Morgan fingerprint density at radius 2 is 2.08 bits per heavy atom. The Kier molecular flexibility index (Phi) is 1.18. The van der Waals surface area contributed by atoms with Gasteiger partial charge in [-0.15, -0.1) is 0 Å². The maximum absolute atomic E-state index is 11.6. The summed E-state index contributed by atoms with van der Waals surface area (Å²) in [4.78, 5) is 11.6. The molecule has 0 atom stereocenters. The van der Waals surface area contributed by atoms with Crippen LogP contribution < -0.4 is 0 Å². The lowest BCUT2D eigenvalue weighted by atomic mass is 9.96. The van der Waals surface area contributed by atoms with Crippen molar-refractivity contribution in [2.75, 3.05) is 0 Å². The highest BCUT2D eigenvalue weighted by Gasteiger charge is 2.18. The van der Waals surface area contributed by atoms with Gasteiger partial charge >= 0.3 is 0 Å². The molecule has 0 spiro atoms. The van der Waals surface area contributed by atoms with E-state index in [2.05, 4.69) is 6.07 Å². The molecule has 2 aromatic rings. The van der Waals surface area contributed by atoms with Crippen LogP contribution in [0.25, 0.3) is 5.52 Å². The molecule has 0 N–H and O–H groups in total. The van der Waals surface area contributed by atoms with Gasteiger partial charge in [-0.05, 0) is 30.2 Å². The molecule has 0 amide bonds. The van der Waals surface area contributed by atoms with Crippen LogP contribution in [-0.4, -0.2) is 10.2 Å². The molecule has 2 heteroatoms. The van der Waals surface area contributed by atoms with Crippen LogP contribution in [0.15, 0.2) is 30.6 Å². The van der Waals surface area contributed by atoms with Gasteiger partial charge in [0.15, 0.2) is 5.78 Å². The Bertz CT molecular complexity index is 496. The van der Waals surface area contributed by atoms with E-state index in [0.29, 0.717) is 6.42 Å². The molecule has 2 heterocycles. The number of carbonyl (C=O) groups is 1. The topological polar surface area (TPSA) is 21.5 Å². The van der Waals surface area contributed by atoms with Gasteiger partial charge in [0.25, 0.3) is 0 Å². The van der Waals surface area contributed by atoms with Gasteiger partial charge in [0.05, 0.1) is 5.52 Å². The minimum absolute atomic E-state index is 0.275. The number of rotatable bonds is 0. The second kappa shape index (κ2) is 2.22. The van der Waals surface area contributed by atoms with E-state index < -0.39 is 0 Å². The molecule has 0 saturated heterocycles. The van der Waals surface area contributed by atoms with Crippen molar-refractivity contribution in [3.63, 3.8) is 0 Å². The smallest absolute Gasteiger partial charge is 0.165 e. The Hall–Kier alpha value is -1.57. The summed E-state index contributed by atoms with van der Waals surface area (Å²) < 4.78 is 2.03. The second-order valence-corrected chi connectivity index (χ2v) is 3.44. The summed E-state index contributed by atoms with van der Waals surface area (Å²) in [6.45, 7) is 0. The fourth-order valence-electron chi connectivity index (χ4n) is 2.05. The first-order valence-electron chi connectivity index (χ1n) is 4.48. The van der Waals surface area contributed by atoms with Gasteiger partial charge in [-0.25, -0.2) is 0 Å². The molecular formula is C11H9NO. The average molecular weight is 171 g/mol. The van der Waals surface area contributed by atoms with Crippen molar-refractivity contribution in [3.05, 3.63) is 41.7 Å². The van der Waals surface area contributed by atoms with Crippen molar-refractivity contribution < 1.29 is 4.79 Å². The van der Waals surface area contributed by atoms with Gasteiger partial charge in [-0.2, -0.15) is 0 Å². The Balaban J connectivity index is 2.52. The lowest BCUT2D eigenvalue weighted by Gasteiger charge is -2.11. The van der Waals surface area contributed by atoms with E-state index in [4.69, 9.17) is 0 Å². The molecule has 1 aliphatic carbocycles. The normalized spacial score (nSPS) is 15.2. The summed E-state index contributed by atoms with van der Waals surface area (Å²) in [7, 11) is 0. The van der Waals surface area contributed by atoms with Crippen LogP contribution in [0.5, 0.6) is 0 Å². The molecule has 0 saturated carbocycles. The van der Waals surface area contributed by atoms with E-state index in [1.165, 1.54) is 5.56 Å². The van der Waals surface area contributed by atoms with Crippen LogP contribution >= 0.6 is 0 Å². The summed E-state index contributed by atoms with van der Waals surface area (Å²) in [5.74, 6) is 0.275. The molecule has 3 rings (SSSR count). The fraction of sp³-hybridized carbons (Fsp3) is 0.182. The quantitative estimate of drug-likeness (QED) is 0.594. The van der Waals surface area contributed by atoms with Crippen molar-refractivity contribution in [2.24, 2.45) is 0 Å². The average Bonchev–Trinajstić information content (AvgIpc) is 2.57. The van der Waals surface area contributed by atoms with Crippen LogP contribution in [0.2, 0.25) is 0 Å². The third kappa shape index (κ3) is 0.800. The molecule has 64 valence electrons. The van der Waals surface area contributed by atoms with E-state index in [-0.39, 0.29) is 5.78 Å². The number of aromatic nitrogens is 1. The molecule has 1 aliphatic rings. The molecule has 0 unspecified atom stereocenters. The van der Waals surface area contributed by atoms with Crippen molar-refractivity contribution in [2.45, 2.75) is 12.8 Å². The number of Topliss-reactive ketones (excluding diaryl/α,β-unsaturated/α-hetero) is 1. The summed E-state index contributed by atoms with van der Waals surface area (Å²) in [5, 5.41) is 0. The third-order valence-electron chi connectivity index (χ3n) is 2.69. The minimum Gasteiger partial charge on any atom is -0.323 e. The van der Waals surface area contributed by atoms with Crippen LogP contribution in [0, 0.1) is 0 Å². The van der Waals surface area contributed by atoms with Crippen LogP contribution in [0.3, 0.4) is 0 Å². The first-order valence-corrected chi connectivity index (χ1v) is 4.48. The molecule has 0 aliphatic heterocycles. The third-order valence-corrected chi connectivity index (χ3v) is 2.69. The van der Waals surface area contributed by atoms with Gasteiger partial charge in [-0.3, -0.25) is 4.79 Å². The van der Waals surface area contributed by atoms with E-state index in [1.807, 2.05) is 28.9 Å². The van der Waals surface area contributed by atoms with Crippen molar-refractivity contribution in [1.82, 2.24) is 4.40 Å². The fourth-order valence-corrected chi connectivity index (χ4v) is 2.05. The monoisotopic (exact) mass is 171 g/mol. The number of hydrogen-bond acceptors (Lipinski definition) is 1. The largest absolute Gasteiger partial charge is 0.323 e. The number of hydrogen-bond donors (Lipinski definition) is 0. The molecule has 0 fully saturated rings. The Labute approximate surface area is 75.8 Å². The molecular weight excluding hydrogens is 162 g/mol. The summed E-state index contributed by atoms with van der Waals surface area (Å²) in [5.41, 5.74) is 3.29. The number of aryl methyl sites for hydroxylation is 1. The minimum atomic E-state index is 0.275. The lowest BCUT2D eigenvalue weighted by Crippen LogP contribution is -2.08. The Morgan fingerprint density at radius 3 is 3.00 bits per heavy atom. The van der Waals surface area contributed by atoms with Crippen LogP contribution in [-0.2, 0) is 6.42 Å². The summed E-state index contributed by atoms with van der Waals surface area (Å²) >= 11 is 0. The van der Waals surface area contributed by atoms with E-state index in [1.54, 1.807) is 0 Å². The highest BCUT2D eigenvalue weighted by Crippen LogP contribution is 2.25. The molecule has 2 nitrogen and oxygen atoms in total. The molecule has 0 aromatic carbocycles. The zero-order valence-corrected chi connectivity index (χ0v) is 7.16. The maximum atomic E-state index is 11.6. The van der Waals surface area contributed by atoms with E-state index in [9.17, 15) is 4.79 Å². The number of nitrogens with zero attached hydrogens (tertiary/aromatic N) is 1. The summed E-state index contributed by atoms with van der Waals surface area (Å²) in [6, 6.07) is 5.95. The maximum Gasteiger partial charge on any atom is 0.165 e. The van der Waals surface area contributed by atoms with Crippen LogP contribution in [0.4, 0.5) is 0 Å². The predicted molar refractivity (Wildman–Crippen MR) is 50.0 cm³/mol. The first kappa shape index (κ1) is 6.89. The SMILES string of the molecule is O=C1CCc2ccn3cccc1c23. The van der Waals surface area contributed by atoms with Gasteiger partial charge in [0.2, 0.25) is 0 Å². The van der Waals surface area contributed by atoms with E-state index in [0.717, 1.165) is 17.5 Å². The van der Waals surface area contributed by atoms with Crippen molar-refractivity contribution in [1.29, 1.82) is 0 Å². The zero-order valence-electron chi connectivity index (χ0n) is 7.16. The summed E-state index contributed by atoms with van der Waals surface area (Å²) in [6.07, 6.45) is 5.57. The van der Waals surface area contributed by atoms with Crippen molar-refractivity contribution in [3.8, 4) is 0 Å². The van der Waals surface area contributed by atoms with Gasteiger partial charge in [-0.1, -0.05) is 0 Å². The molecule has 2 aromatic heterocycles. The lowest BCUT2D eigenvalue weighted by molar-refractivity contribution is 0.0981.